The van der Waals surface area contributed by atoms with Crippen LogP contribution < -0.4 is 10.1 Å². The Hall–Kier alpha value is -2.15. The number of carbonyl (C=O) groups excluding carboxylic acids is 1. The van der Waals surface area contributed by atoms with Crippen molar-refractivity contribution in [3.05, 3.63) is 28.3 Å². The second-order valence-electron chi connectivity index (χ2n) is 5.37. The van der Waals surface area contributed by atoms with Gasteiger partial charge in [-0.05, 0) is 32.0 Å². The zero-order valence-electron chi connectivity index (χ0n) is 11.6. The molecule has 0 spiro atoms. The van der Waals surface area contributed by atoms with E-state index in [0.29, 0.717) is 17.9 Å². The standard InChI is InChI=1S/C14H17N3O4/c18-14-12(5-8-16-6-1-2-7-16)21-13-9-10(17(19)20)3-4-11(13)15-14/h3-4,9,12H,1-2,5-8H2,(H,15,18)/t12-/m0/s1. The molecule has 3 rings (SSSR count). The number of hydrogen-bond acceptors (Lipinski definition) is 5. The minimum atomic E-state index is -0.583. The Balaban J connectivity index is 1.69. The molecule has 7 heteroatoms. The van der Waals surface area contributed by atoms with E-state index in [1.54, 1.807) is 0 Å². The van der Waals surface area contributed by atoms with Crippen molar-refractivity contribution in [3.8, 4) is 5.75 Å². The Morgan fingerprint density at radius 3 is 2.86 bits per heavy atom. The van der Waals surface area contributed by atoms with Crippen LogP contribution in [0.5, 0.6) is 5.75 Å². The molecule has 1 aromatic rings. The first-order valence-corrected chi connectivity index (χ1v) is 7.12. The number of non-ortho nitro benzene ring substituents is 1. The van der Waals surface area contributed by atoms with Crippen molar-refractivity contribution in [2.24, 2.45) is 0 Å². The van der Waals surface area contributed by atoms with Crippen LogP contribution in [0.2, 0.25) is 0 Å². The quantitative estimate of drug-likeness (QED) is 0.675. The van der Waals surface area contributed by atoms with Gasteiger partial charge in [0.1, 0.15) is 0 Å². The largest absolute Gasteiger partial charge is 0.478 e. The van der Waals surface area contributed by atoms with E-state index in [9.17, 15) is 14.9 Å². The summed E-state index contributed by atoms with van der Waals surface area (Å²) in [6, 6.07) is 4.21. The van der Waals surface area contributed by atoms with Gasteiger partial charge in [-0.1, -0.05) is 0 Å². The number of nitro groups is 1. The molecule has 112 valence electrons. The van der Waals surface area contributed by atoms with Crippen molar-refractivity contribution in [2.45, 2.75) is 25.4 Å². The van der Waals surface area contributed by atoms with Gasteiger partial charge in [0.25, 0.3) is 11.6 Å². The highest BCUT2D eigenvalue weighted by Crippen LogP contribution is 2.33. The van der Waals surface area contributed by atoms with Crippen LogP contribution in [0.3, 0.4) is 0 Å². The van der Waals surface area contributed by atoms with E-state index < -0.39 is 11.0 Å². The highest BCUT2D eigenvalue weighted by Gasteiger charge is 2.29. The number of hydrogen-bond donors (Lipinski definition) is 1. The van der Waals surface area contributed by atoms with E-state index in [2.05, 4.69) is 10.2 Å². The van der Waals surface area contributed by atoms with Gasteiger partial charge in [0, 0.05) is 19.0 Å². The summed E-state index contributed by atoms with van der Waals surface area (Å²) in [5.74, 6) is 0.186. The molecule has 1 aromatic carbocycles. The minimum Gasteiger partial charge on any atom is -0.478 e. The molecule has 0 bridgehead atoms. The van der Waals surface area contributed by atoms with Gasteiger partial charge in [-0.25, -0.2) is 0 Å². The summed E-state index contributed by atoms with van der Waals surface area (Å²) in [5, 5.41) is 13.5. The molecule has 1 N–H and O–H groups in total. The summed E-state index contributed by atoms with van der Waals surface area (Å²) < 4.78 is 5.65. The molecule has 0 aliphatic carbocycles. The first kappa shape index (κ1) is 13.8. The maximum absolute atomic E-state index is 12.0. The van der Waals surface area contributed by atoms with E-state index >= 15 is 0 Å². The molecule has 0 radical (unpaired) electrons. The van der Waals surface area contributed by atoms with Gasteiger partial charge >= 0.3 is 0 Å². The highest BCUT2D eigenvalue weighted by atomic mass is 16.6. The van der Waals surface area contributed by atoms with Gasteiger partial charge in [0.05, 0.1) is 16.7 Å². The molecule has 2 heterocycles. The fourth-order valence-electron chi connectivity index (χ4n) is 2.74. The summed E-state index contributed by atoms with van der Waals surface area (Å²) in [7, 11) is 0. The van der Waals surface area contributed by atoms with Crippen molar-refractivity contribution >= 4 is 17.3 Å². The summed E-state index contributed by atoms with van der Waals surface area (Å²) in [4.78, 5) is 24.6. The third-order valence-corrected chi connectivity index (χ3v) is 3.90. The molecule has 2 aliphatic rings. The van der Waals surface area contributed by atoms with Crippen molar-refractivity contribution in [3.63, 3.8) is 0 Å². The Bertz CT molecular complexity index is 569. The van der Waals surface area contributed by atoms with E-state index in [1.807, 2.05) is 0 Å². The van der Waals surface area contributed by atoms with E-state index in [4.69, 9.17) is 4.74 Å². The lowest BCUT2D eigenvalue weighted by molar-refractivity contribution is -0.384. The smallest absolute Gasteiger partial charge is 0.273 e. The molecule has 1 atom stereocenters. The average Bonchev–Trinajstić information content (AvgIpc) is 2.97. The maximum atomic E-state index is 12.0. The third-order valence-electron chi connectivity index (χ3n) is 3.90. The van der Waals surface area contributed by atoms with Crippen LogP contribution >= 0.6 is 0 Å². The molecule has 2 aliphatic heterocycles. The van der Waals surface area contributed by atoms with Crippen LogP contribution in [0.1, 0.15) is 19.3 Å². The summed E-state index contributed by atoms with van der Waals surface area (Å²) in [6.07, 6.45) is 2.41. The molecule has 1 saturated heterocycles. The fourth-order valence-corrected chi connectivity index (χ4v) is 2.74. The number of nitro benzene ring substituents is 1. The molecule has 1 fully saturated rings. The second kappa shape index (κ2) is 5.69. The second-order valence-corrected chi connectivity index (χ2v) is 5.37. The molecule has 0 aromatic heterocycles. The predicted molar refractivity (Wildman–Crippen MR) is 76.4 cm³/mol. The van der Waals surface area contributed by atoms with Gasteiger partial charge in [0.15, 0.2) is 11.9 Å². The Morgan fingerprint density at radius 2 is 2.14 bits per heavy atom. The van der Waals surface area contributed by atoms with Crippen LogP contribution in [0, 0.1) is 10.1 Å². The Kier molecular flexibility index (Phi) is 3.74. The van der Waals surface area contributed by atoms with Crippen LogP contribution in [0.4, 0.5) is 11.4 Å². The van der Waals surface area contributed by atoms with Crippen molar-refractivity contribution in [2.75, 3.05) is 25.0 Å². The number of carbonyl (C=O) groups is 1. The highest BCUT2D eigenvalue weighted by molar-refractivity contribution is 5.97. The van der Waals surface area contributed by atoms with E-state index in [1.165, 1.54) is 31.0 Å². The Labute approximate surface area is 122 Å². The number of ether oxygens (including phenoxy) is 1. The van der Waals surface area contributed by atoms with Gasteiger partial charge < -0.3 is 15.0 Å². The number of benzene rings is 1. The van der Waals surface area contributed by atoms with Gasteiger partial charge in [0.2, 0.25) is 0 Å². The van der Waals surface area contributed by atoms with E-state index in [-0.39, 0.29) is 11.6 Å². The van der Waals surface area contributed by atoms with Crippen molar-refractivity contribution in [1.29, 1.82) is 0 Å². The average molecular weight is 291 g/mol. The van der Waals surface area contributed by atoms with Crippen LogP contribution in [-0.4, -0.2) is 41.5 Å². The predicted octanol–water partition coefficient (Wildman–Crippen LogP) is 1.78. The fraction of sp³-hybridized carbons (Fsp3) is 0.500. The summed E-state index contributed by atoms with van der Waals surface area (Å²) in [5.41, 5.74) is 0.450. The number of likely N-dealkylation sites (tertiary alicyclic amines) is 1. The number of amides is 1. The lowest BCUT2D eigenvalue weighted by Gasteiger charge is -2.27. The summed E-state index contributed by atoms with van der Waals surface area (Å²) >= 11 is 0. The third kappa shape index (κ3) is 2.97. The number of anilines is 1. The van der Waals surface area contributed by atoms with Crippen LogP contribution in [-0.2, 0) is 4.79 Å². The van der Waals surface area contributed by atoms with E-state index in [0.717, 1.165) is 19.6 Å². The molecular weight excluding hydrogens is 274 g/mol. The zero-order chi connectivity index (χ0) is 14.8. The number of nitrogens with one attached hydrogen (secondary N) is 1. The van der Waals surface area contributed by atoms with Crippen molar-refractivity contribution < 1.29 is 14.5 Å². The molecule has 0 unspecified atom stereocenters. The van der Waals surface area contributed by atoms with Gasteiger partial charge in [-0.15, -0.1) is 0 Å². The number of nitrogens with zero attached hydrogens (tertiary/aromatic N) is 2. The molecule has 21 heavy (non-hydrogen) atoms. The minimum absolute atomic E-state index is 0.0387. The monoisotopic (exact) mass is 291 g/mol. The van der Waals surface area contributed by atoms with Crippen molar-refractivity contribution in [1.82, 2.24) is 4.90 Å². The first-order valence-electron chi connectivity index (χ1n) is 7.12. The number of rotatable bonds is 4. The van der Waals surface area contributed by atoms with Crippen LogP contribution in [0.15, 0.2) is 18.2 Å². The summed E-state index contributed by atoms with van der Waals surface area (Å²) in [6.45, 7) is 2.94. The lowest BCUT2D eigenvalue weighted by Crippen LogP contribution is -2.39. The van der Waals surface area contributed by atoms with Gasteiger partial charge in [-0.3, -0.25) is 14.9 Å². The topological polar surface area (TPSA) is 84.7 Å². The van der Waals surface area contributed by atoms with Gasteiger partial charge in [-0.2, -0.15) is 0 Å². The molecule has 7 nitrogen and oxygen atoms in total. The zero-order valence-corrected chi connectivity index (χ0v) is 11.6. The molecule has 1 amide bonds. The SMILES string of the molecule is O=C1Nc2ccc([N+](=O)[O-])cc2O[C@H]1CCN1CCCC1. The van der Waals surface area contributed by atoms with Crippen LogP contribution in [0.25, 0.3) is 0 Å². The Morgan fingerprint density at radius 1 is 1.38 bits per heavy atom. The molecular formula is C14H17N3O4. The first-order chi connectivity index (χ1) is 10.1. The maximum Gasteiger partial charge on any atom is 0.273 e. The molecule has 0 saturated carbocycles. The lowest BCUT2D eigenvalue weighted by atomic mass is 10.1. The normalized spacial score (nSPS) is 21.5. The number of fused-ring (bicyclic) bond motifs is 1.